The second-order valence-corrected chi connectivity index (χ2v) is 6.11. The molecule has 3 heteroatoms. The Morgan fingerprint density at radius 1 is 0.952 bits per heavy atom. The maximum Gasteiger partial charge on any atom is 0.170 e. The molecule has 126 valence electrons. The van der Waals surface area contributed by atoms with Crippen molar-refractivity contribution in [3.05, 3.63) is 0 Å². The number of rotatable bonds is 11. The van der Waals surface area contributed by atoms with Gasteiger partial charge in [0.2, 0.25) is 0 Å². The molecule has 0 aromatic heterocycles. The summed E-state index contributed by atoms with van der Waals surface area (Å²) < 4.78 is 5.94. The lowest BCUT2D eigenvalue weighted by atomic mass is 9.62. The van der Waals surface area contributed by atoms with E-state index in [-0.39, 0.29) is 11.9 Å². The predicted octanol–water partition coefficient (Wildman–Crippen LogP) is 4.51. The van der Waals surface area contributed by atoms with Gasteiger partial charge >= 0.3 is 0 Å². The van der Waals surface area contributed by atoms with Gasteiger partial charge in [0.1, 0.15) is 6.10 Å². The molecule has 0 heterocycles. The van der Waals surface area contributed by atoms with Crippen molar-refractivity contribution in [3.8, 4) is 0 Å². The van der Waals surface area contributed by atoms with Gasteiger partial charge in [-0.1, -0.05) is 41.5 Å². The fraction of sp³-hybridized carbons (Fsp3) is 0.944. The Balaban J connectivity index is 5.42. The summed E-state index contributed by atoms with van der Waals surface area (Å²) in [4.78, 5) is 13.1. The fourth-order valence-corrected chi connectivity index (χ4v) is 3.63. The van der Waals surface area contributed by atoms with Gasteiger partial charge in [0.05, 0.1) is 17.1 Å². The summed E-state index contributed by atoms with van der Waals surface area (Å²) in [6.45, 7) is 13.9. The van der Waals surface area contributed by atoms with Crippen LogP contribution < -0.4 is 0 Å². The Labute approximate surface area is 131 Å². The summed E-state index contributed by atoms with van der Waals surface area (Å²) >= 11 is 0. The first-order chi connectivity index (χ1) is 9.82. The van der Waals surface area contributed by atoms with Crippen LogP contribution in [0.1, 0.15) is 87.0 Å². The molecule has 0 amide bonds. The minimum atomic E-state index is -0.945. The highest BCUT2D eigenvalue weighted by Gasteiger charge is 2.52. The van der Waals surface area contributed by atoms with E-state index in [0.29, 0.717) is 25.7 Å². The van der Waals surface area contributed by atoms with Gasteiger partial charge in [0, 0.05) is 0 Å². The summed E-state index contributed by atoms with van der Waals surface area (Å²) in [5.74, 6) is 0.0607. The molecule has 1 unspecified atom stereocenters. The molecule has 0 saturated heterocycles. The van der Waals surface area contributed by atoms with Gasteiger partial charge in [-0.2, -0.15) is 0 Å². The molecule has 1 atom stereocenters. The first-order valence-corrected chi connectivity index (χ1v) is 8.74. The van der Waals surface area contributed by atoms with Crippen molar-refractivity contribution in [2.24, 2.45) is 5.41 Å². The molecule has 0 aliphatic heterocycles. The lowest BCUT2D eigenvalue weighted by Gasteiger charge is -2.46. The van der Waals surface area contributed by atoms with E-state index in [9.17, 15) is 9.90 Å². The van der Waals surface area contributed by atoms with Crippen LogP contribution in [0.25, 0.3) is 0 Å². The number of carbonyl (C=O) groups excluding carboxylic acids is 1. The van der Waals surface area contributed by atoms with Crippen LogP contribution in [0.2, 0.25) is 0 Å². The van der Waals surface area contributed by atoms with Gasteiger partial charge in [-0.25, -0.2) is 0 Å². The Bertz CT molecular complexity index is 300. The average molecular weight is 300 g/mol. The third kappa shape index (κ3) is 4.07. The van der Waals surface area contributed by atoms with Gasteiger partial charge < -0.3 is 9.84 Å². The minimum Gasteiger partial charge on any atom is -0.389 e. The van der Waals surface area contributed by atoms with Gasteiger partial charge in [-0.15, -0.1) is 0 Å². The van der Waals surface area contributed by atoms with Crippen molar-refractivity contribution in [3.63, 3.8) is 0 Å². The Kier molecular flexibility index (Phi) is 8.72. The molecule has 0 spiro atoms. The summed E-state index contributed by atoms with van der Waals surface area (Å²) in [6.07, 6.45) is 3.96. The van der Waals surface area contributed by atoms with Crippen molar-refractivity contribution < 1.29 is 14.6 Å². The van der Waals surface area contributed by atoms with Gasteiger partial charge in [-0.3, -0.25) is 4.79 Å². The lowest BCUT2D eigenvalue weighted by Crippen LogP contribution is -2.55. The molecular weight excluding hydrogens is 264 g/mol. The number of Topliss-reactive ketones (excluding diaryl/α,β-unsaturated/α-hetero) is 1. The molecule has 0 aliphatic carbocycles. The zero-order valence-electron chi connectivity index (χ0n) is 15.2. The normalized spacial score (nSPS) is 14.5. The third-order valence-corrected chi connectivity index (χ3v) is 5.42. The molecule has 0 saturated carbocycles. The van der Waals surface area contributed by atoms with E-state index in [4.69, 9.17) is 4.74 Å². The summed E-state index contributed by atoms with van der Waals surface area (Å²) in [6, 6.07) is 0. The molecule has 21 heavy (non-hydrogen) atoms. The van der Waals surface area contributed by atoms with Crippen molar-refractivity contribution in [1.29, 1.82) is 0 Å². The Hall–Kier alpha value is -0.410. The van der Waals surface area contributed by atoms with E-state index in [1.807, 2.05) is 34.6 Å². The largest absolute Gasteiger partial charge is 0.389 e. The van der Waals surface area contributed by atoms with Crippen LogP contribution >= 0.6 is 0 Å². The van der Waals surface area contributed by atoms with E-state index < -0.39 is 17.1 Å². The molecule has 0 radical (unpaired) electrons. The molecule has 0 aromatic carbocycles. The van der Waals surface area contributed by atoms with Crippen molar-refractivity contribution in [1.82, 2.24) is 0 Å². The summed E-state index contributed by atoms with van der Waals surface area (Å²) in [7, 11) is 0. The van der Waals surface area contributed by atoms with Gasteiger partial charge in [0.15, 0.2) is 5.78 Å². The fourth-order valence-electron chi connectivity index (χ4n) is 3.63. The second kappa shape index (κ2) is 8.89. The first kappa shape index (κ1) is 20.6. The molecular formula is C18H36O3. The number of hydrogen-bond donors (Lipinski definition) is 1. The topological polar surface area (TPSA) is 46.5 Å². The van der Waals surface area contributed by atoms with Crippen LogP contribution in [-0.2, 0) is 9.53 Å². The summed E-state index contributed by atoms with van der Waals surface area (Å²) in [5, 5.41) is 11.0. The van der Waals surface area contributed by atoms with Crippen LogP contribution in [0, 0.1) is 5.41 Å². The Morgan fingerprint density at radius 2 is 1.38 bits per heavy atom. The third-order valence-electron chi connectivity index (χ3n) is 5.42. The van der Waals surface area contributed by atoms with E-state index in [0.717, 1.165) is 12.8 Å². The predicted molar refractivity (Wildman–Crippen MR) is 88.5 cm³/mol. The monoisotopic (exact) mass is 300 g/mol. The highest BCUT2D eigenvalue weighted by Crippen LogP contribution is 2.44. The van der Waals surface area contributed by atoms with E-state index in [1.165, 1.54) is 0 Å². The van der Waals surface area contributed by atoms with Crippen molar-refractivity contribution in [2.45, 2.75) is 105 Å². The zero-order valence-corrected chi connectivity index (χ0v) is 15.2. The van der Waals surface area contributed by atoms with Crippen LogP contribution in [0.4, 0.5) is 0 Å². The maximum absolute atomic E-state index is 13.1. The van der Waals surface area contributed by atoms with Crippen LogP contribution in [-0.4, -0.2) is 28.7 Å². The van der Waals surface area contributed by atoms with E-state index >= 15 is 0 Å². The molecule has 0 rings (SSSR count). The zero-order chi connectivity index (χ0) is 16.7. The smallest absolute Gasteiger partial charge is 0.170 e. The summed E-state index contributed by atoms with van der Waals surface area (Å²) in [5.41, 5.74) is -1.65. The molecule has 0 aromatic rings. The molecule has 0 bridgehead atoms. The van der Waals surface area contributed by atoms with Crippen LogP contribution in [0.3, 0.4) is 0 Å². The lowest BCUT2D eigenvalue weighted by molar-refractivity contribution is -0.166. The highest BCUT2D eigenvalue weighted by atomic mass is 16.5. The SMILES string of the molecule is CCC(CC)OC(C)C(=O)C(CC)(CC)C(O)(CC)CC. The molecule has 0 fully saturated rings. The van der Waals surface area contributed by atoms with Gasteiger partial charge in [-0.05, 0) is 45.4 Å². The van der Waals surface area contributed by atoms with Gasteiger partial charge in [0.25, 0.3) is 0 Å². The molecule has 1 N–H and O–H groups in total. The van der Waals surface area contributed by atoms with Crippen molar-refractivity contribution in [2.75, 3.05) is 0 Å². The first-order valence-electron chi connectivity index (χ1n) is 8.74. The molecule has 0 aliphatic rings. The number of ether oxygens (including phenoxy) is 1. The highest BCUT2D eigenvalue weighted by molar-refractivity contribution is 5.89. The number of ketones is 1. The van der Waals surface area contributed by atoms with E-state index in [2.05, 4.69) is 13.8 Å². The standard InChI is InChI=1S/C18H36O3/c1-8-15(9-2)21-14(7)16(19)17(10-3,11-4)18(20,12-5)13-6/h14-15,20H,8-13H2,1-7H3. The minimum absolute atomic E-state index is 0.0607. The quantitative estimate of drug-likeness (QED) is 0.611. The van der Waals surface area contributed by atoms with Crippen LogP contribution in [0.15, 0.2) is 0 Å². The Morgan fingerprint density at radius 3 is 1.67 bits per heavy atom. The van der Waals surface area contributed by atoms with Crippen molar-refractivity contribution >= 4 is 5.78 Å². The maximum atomic E-state index is 13.1. The number of carbonyl (C=O) groups is 1. The average Bonchev–Trinajstić information content (AvgIpc) is 2.53. The number of hydrogen-bond acceptors (Lipinski definition) is 3. The number of aliphatic hydroxyl groups is 1. The molecule has 3 nitrogen and oxygen atoms in total. The second-order valence-electron chi connectivity index (χ2n) is 6.11. The van der Waals surface area contributed by atoms with E-state index in [1.54, 1.807) is 0 Å². The van der Waals surface area contributed by atoms with Crippen LogP contribution in [0.5, 0.6) is 0 Å².